The summed E-state index contributed by atoms with van der Waals surface area (Å²) in [5, 5.41) is 0. The van der Waals surface area contributed by atoms with E-state index in [4.69, 9.17) is 0 Å². The molecule has 0 amide bonds. The van der Waals surface area contributed by atoms with Gasteiger partial charge in [0.05, 0.1) is 0 Å². The van der Waals surface area contributed by atoms with Crippen LogP contribution < -0.4 is 0 Å². The molecule has 0 aromatic rings. The van der Waals surface area contributed by atoms with Gasteiger partial charge in [0, 0.05) is 0 Å². The highest BCUT2D eigenvalue weighted by molar-refractivity contribution is 5.44. The first-order valence-corrected chi connectivity index (χ1v) is 4.00. The van der Waals surface area contributed by atoms with E-state index in [9.17, 15) is 0 Å². The van der Waals surface area contributed by atoms with Crippen molar-refractivity contribution < 1.29 is 0 Å². The Morgan fingerprint density at radius 1 is 0.900 bits per heavy atom. The van der Waals surface area contributed by atoms with E-state index in [1.54, 1.807) is 5.57 Å². The average molecular weight is 138 g/mol. The van der Waals surface area contributed by atoms with Gasteiger partial charge in [0.25, 0.3) is 0 Å². The zero-order valence-corrected chi connectivity index (χ0v) is 8.00. The van der Waals surface area contributed by atoms with Gasteiger partial charge in [-0.05, 0) is 24.7 Å². The predicted octanol–water partition coefficient (Wildman–Crippen LogP) is 3.39. The molecule has 0 bridgehead atoms. The van der Waals surface area contributed by atoms with Crippen LogP contribution in [0.5, 0.6) is 0 Å². The van der Waals surface area contributed by atoms with Crippen LogP contribution in [0.2, 0.25) is 0 Å². The summed E-state index contributed by atoms with van der Waals surface area (Å²) in [4.78, 5) is 0. The summed E-state index contributed by atoms with van der Waals surface area (Å²) in [7, 11) is 0. The van der Waals surface area contributed by atoms with Crippen LogP contribution in [0.3, 0.4) is 0 Å². The normalized spacial score (nSPS) is 26.4. The molecule has 0 unspecified atom stereocenters. The van der Waals surface area contributed by atoms with Crippen LogP contribution in [0.1, 0.15) is 41.5 Å². The maximum atomic E-state index is 2.33. The van der Waals surface area contributed by atoms with Crippen molar-refractivity contribution in [1.82, 2.24) is 0 Å². The largest absolute Gasteiger partial charge is 0.0761 e. The monoisotopic (exact) mass is 138 g/mol. The highest BCUT2D eigenvalue weighted by Gasteiger charge is 2.59. The molecule has 0 aliphatic heterocycles. The zero-order valence-electron chi connectivity index (χ0n) is 8.00. The third kappa shape index (κ3) is 0.680. The Balaban J connectivity index is 3.04. The minimum absolute atomic E-state index is 0.464. The number of allylic oxidation sites excluding steroid dienone is 2. The van der Waals surface area contributed by atoms with Gasteiger partial charge in [-0.15, -0.1) is 0 Å². The molecule has 1 aliphatic rings. The minimum atomic E-state index is 0.464. The summed E-state index contributed by atoms with van der Waals surface area (Å²) in [5.74, 6) is 0. The molecule has 0 atom stereocenters. The highest BCUT2D eigenvalue weighted by Crippen LogP contribution is 2.69. The van der Waals surface area contributed by atoms with Gasteiger partial charge >= 0.3 is 0 Å². The first-order chi connectivity index (χ1) is 4.32. The lowest BCUT2D eigenvalue weighted by Crippen LogP contribution is -1.95. The van der Waals surface area contributed by atoms with Gasteiger partial charge in [0.15, 0.2) is 0 Å². The van der Waals surface area contributed by atoms with Crippen LogP contribution >= 0.6 is 0 Å². The van der Waals surface area contributed by atoms with Gasteiger partial charge in [-0.1, -0.05) is 38.8 Å². The van der Waals surface area contributed by atoms with E-state index >= 15 is 0 Å². The molecule has 0 heteroatoms. The predicted molar refractivity (Wildman–Crippen MR) is 45.9 cm³/mol. The highest BCUT2D eigenvalue weighted by atomic mass is 14.6. The topological polar surface area (TPSA) is 0 Å². The first kappa shape index (κ1) is 7.84. The van der Waals surface area contributed by atoms with Crippen molar-refractivity contribution in [3.8, 4) is 0 Å². The molecule has 1 fully saturated rings. The van der Waals surface area contributed by atoms with Gasteiger partial charge < -0.3 is 0 Å². The molecule has 1 saturated carbocycles. The summed E-state index contributed by atoms with van der Waals surface area (Å²) in [6.45, 7) is 13.7. The van der Waals surface area contributed by atoms with Crippen molar-refractivity contribution in [2.45, 2.75) is 41.5 Å². The second-order valence-corrected chi connectivity index (χ2v) is 4.62. The standard InChI is InChI=1S/C10H18/c1-7(2)8-9(3,4)10(8,5)6/h1-6H3. The van der Waals surface area contributed by atoms with E-state index in [0.29, 0.717) is 10.8 Å². The second-order valence-electron chi connectivity index (χ2n) is 4.62. The van der Waals surface area contributed by atoms with E-state index in [2.05, 4.69) is 41.5 Å². The van der Waals surface area contributed by atoms with Gasteiger partial charge in [-0.25, -0.2) is 0 Å². The summed E-state index contributed by atoms with van der Waals surface area (Å²) in [5.41, 5.74) is 4.09. The molecular formula is C10H18. The Hall–Kier alpha value is -0.260. The SMILES string of the molecule is CC(C)=C1C(C)(C)C1(C)C. The van der Waals surface area contributed by atoms with Crippen molar-refractivity contribution in [1.29, 1.82) is 0 Å². The maximum Gasteiger partial charge on any atom is -0.00479 e. The third-order valence-electron chi connectivity index (χ3n) is 3.25. The molecule has 10 heavy (non-hydrogen) atoms. The summed E-state index contributed by atoms with van der Waals surface area (Å²) < 4.78 is 0. The van der Waals surface area contributed by atoms with E-state index in [0.717, 1.165) is 0 Å². The molecule has 0 aromatic carbocycles. The summed E-state index contributed by atoms with van der Waals surface area (Å²) >= 11 is 0. The van der Waals surface area contributed by atoms with Gasteiger partial charge in [0.1, 0.15) is 0 Å². The van der Waals surface area contributed by atoms with Crippen molar-refractivity contribution in [2.24, 2.45) is 10.8 Å². The van der Waals surface area contributed by atoms with Crippen molar-refractivity contribution >= 4 is 0 Å². The lowest BCUT2D eigenvalue weighted by atomic mass is 10.0. The molecule has 0 saturated heterocycles. The molecule has 1 rings (SSSR count). The van der Waals surface area contributed by atoms with Crippen molar-refractivity contribution in [2.75, 3.05) is 0 Å². The lowest BCUT2D eigenvalue weighted by molar-refractivity contribution is 0.457. The molecule has 0 spiro atoms. The van der Waals surface area contributed by atoms with E-state index in [-0.39, 0.29) is 0 Å². The first-order valence-electron chi connectivity index (χ1n) is 4.00. The average Bonchev–Trinajstić information content (AvgIpc) is 1.97. The Morgan fingerprint density at radius 2 is 1.20 bits per heavy atom. The summed E-state index contributed by atoms with van der Waals surface area (Å²) in [6.07, 6.45) is 0. The van der Waals surface area contributed by atoms with Crippen LogP contribution in [0.25, 0.3) is 0 Å². The fourth-order valence-corrected chi connectivity index (χ4v) is 2.28. The fraction of sp³-hybridized carbons (Fsp3) is 0.800. The van der Waals surface area contributed by atoms with Crippen LogP contribution in [0.4, 0.5) is 0 Å². The summed E-state index contributed by atoms with van der Waals surface area (Å²) in [6, 6.07) is 0. The van der Waals surface area contributed by atoms with Gasteiger partial charge in [-0.2, -0.15) is 0 Å². The van der Waals surface area contributed by atoms with Crippen LogP contribution in [-0.2, 0) is 0 Å². The Labute approximate surface area is 64.3 Å². The lowest BCUT2D eigenvalue weighted by Gasteiger charge is -2.02. The van der Waals surface area contributed by atoms with Crippen molar-refractivity contribution in [3.05, 3.63) is 11.1 Å². The second kappa shape index (κ2) is 1.66. The molecule has 0 nitrogen and oxygen atoms in total. The fourth-order valence-electron chi connectivity index (χ4n) is 2.28. The molecule has 0 N–H and O–H groups in total. The number of hydrogen-bond acceptors (Lipinski definition) is 0. The minimum Gasteiger partial charge on any atom is -0.0761 e. The molecule has 58 valence electrons. The zero-order chi connectivity index (χ0) is 8.15. The molecule has 1 aliphatic carbocycles. The maximum absolute atomic E-state index is 2.33. The quantitative estimate of drug-likeness (QED) is 0.450. The molecule has 0 radical (unpaired) electrons. The Morgan fingerprint density at radius 3 is 1.20 bits per heavy atom. The van der Waals surface area contributed by atoms with Gasteiger partial charge in [-0.3, -0.25) is 0 Å². The van der Waals surface area contributed by atoms with Crippen molar-refractivity contribution in [3.63, 3.8) is 0 Å². The molecule has 0 aromatic heterocycles. The van der Waals surface area contributed by atoms with E-state index < -0.39 is 0 Å². The van der Waals surface area contributed by atoms with E-state index in [1.807, 2.05) is 0 Å². The third-order valence-corrected chi connectivity index (χ3v) is 3.25. The van der Waals surface area contributed by atoms with Crippen LogP contribution in [0.15, 0.2) is 11.1 Å². The Kier molecular flexibility index (Phi) is 1.30. The van der Waals surface area contributed by atoms with Gasteiger partial charge in [0.2, 0.25) is 0 Å². The Bertz CT molecular complexity index is 172. The van der Waals surface area contributed by atoms with Crippen LogP contribution in [-0.4, -0.2) is 0 Å². The number of rotatable bonds is 0. The number of hydrogen-bond donors (Lipinski definition) is 0. The molecule has 0 heterocycles. The van der Waals surface area contributed by atoms with Crippen LogP contribution in [0, 0.1) is 10.8 Å². The van der Waals surface area contributed by atoms with E-state index in [1.165, 1.54) is 5.57 Å². The smallest absolute Gasteiger partial charge is 0.00479 e. The molecular weight excluding hydrogens is 120 g/mol.